The van der Waals surface area contributed by atoms with Crippen molar-refractivity contribution in [3.8, 4) is 0 Å². The zero-order valence-corrected chi connectivity index (χ0v) is 12.8. The fraction of sp³-hybridized carbons (Fsp3) is 0.333. The smallest absolute Gasteiger partial charge is 0.255 e. The highest BCUT2D eigenvalue weighted by atomic mass is 79.9. The molecular weight excluding hydrogens is 334 g/mol. The summed E-state index contributed by atoms with van der Waals surface area (Å²) >= 11 is 9.34. The lowest BCUT2D eigenvalue weighted by molar-refractivity contribution is 0.0768. The zero-order valence-electron chi connectivity index (χ0n) is 10.4. The maximum atomic E-state index is 12.3. The Bertz CT molecular complexity index is 494. The van der Waals surface area contributed by atoms with Gasteiger partial charge in [-0.15, -0.1) is 0 Å². The largest absolute Gasteiger partial charge is 0.409 e. The lowest BCUT2D eigenvalue weighted by Crippen LogP contribution is -2.34. The summed E-state index contributed by atoms with van der Waals surface area (Å²) in [4.78, 5) is 13.9. The van der Waals surface area contributed by atoms with Gasteiger partial charge in [-0.25, -0.2) is 0 Å². The van der Waals surface area contributed by atoms with Crippen molar-refractivity contribution in [2.24, 2.45) is 10.9 Å². The Kier molecular flexibility index (Phi) is 6.11. The molecule has 0 aromatic heterocycles. The molecule has 1 rings (SSSR count). The number of oxime groups is 1. The predicted octanol–water partition coefficient (Wildman–Crippen LogP) is 2.70. The molecule has 1 amide bonds. The first-order valence-corrected chi connectivity index (χ1v) is 6.87. The summed E-state index contributed by atoms with van der Waals surface area (Å²) < 4.78 is 0.814. The van der Waals surface area contributed by atoms with Gasteiger partial charge in [0.05, 0.1) is 10.6 Å². The van der Waals surface area contributed by atoms with Crippen LogP contribution in [-0.2, 0) is 0 Å². The van der Waals surface area contributed by atoms with Crippen LogP contribution >= 0.6 is 27.5 Å². The number of amides is 1. The second-order valence-electron chi connectivity index (χ2n) is 3.85. The van der Waals surface area contributed by atoms with Gasteiger partial charge in [0.15, 0.2) is 0 Å². The van der Waals surface area contributed by atoms with E-state index < -0.39 is 0 Å². The molecule has 104 valence electrons. The highest BCUT2D eigenvalue weighted by Crippen LogP contribution is 2.22. The number of nitrogens with zero attached hydrogens (tertiary/aromatic N) is 2. The molecule has 0 aliphatic heterocycles. The summed E-state index contributed by atoms with van der Waals surface area (Å²) in [6.07, 6.45) is 0.310. The normalized spacial score (nSPS) is 11.4. The maximum absolute atomic E-state index is 12.3. The topological polar surface area (TPSA) is 78.9 Å². The molecular formula is C12H15BrClN3O2. The Morgan fingerprint density at radius 3 is 2.79 bits per heavy atom. The molecule has 0 atom stereocenters. The Morgan fingerprint density at radius 1 is 1.58 bits per heavy atom. The first-order valence-electron chi connectivity index (χ1n) is 5.70. The highest BCUT2D eigenvalue weighted by molar-refractivity contribution is 9.10. The van der Waals surface area contributed by atoms with E-state index in [2.05, 4.69) is 21.1 Å². The van der Waals surface area contributed by atoms with Gasteiger partial charge in [-0.1, -0.05) is 32.7 Å². The SMILES string of the molecule is CCN(CCC(N)=NO)C(=O)c1ccc(Br)cc1Cl. The van der Waals surface area contributed by atoms with E-state index in [9.17, 15) is 4.79 Å². The second kappa shape index (κ2) is 7.35. The molecule has 0 fully saturated rings. The summed E-state index contributed by atoms with van der Waals surface area (Å²) in [6, 6.07) is 5.10. The first kappa shape index (κ1) is 15.8. The van der Waals surface area contributed by atoms with E-state index in [0.29, 0.717) is 30.1 Å². The Morgan fingerprint density at radius 2 is 2.26 bits per heavy atom. The molecule has 5 nitrogen and oxygen atoms in total. The molecule has 0 saturated carbocycles. The number of rotatable bonds is 5. The monoisotopic (exact) mass is 347 g/mol. The van der Waals surface area contributed by atoms with E-state index in [4.69, 9.17) is 22.5 Å². The number of carbonyl (C=O) groups excluding carboxylic acids is 1. The summed E-state index contributed by atoms with van der Waals surface area (Å²) in [5, 5.41) is 11.8. The molecule has 0 spiro atoms. The van der Waals surface area contributed by atoms with Crippen molar-refractivity contribution in [3.63, 3.8) is 0 Å². The summed E-state index contributed by atoms with van der Waals surface area (Å²) in [6.45, 7) is 2.75. The quantitative estimate of drug-likeness (QED) is 0.372. The maximum Gasteiger partial charge on any atom is 0.255 e. The molecule has 0 heterocycles. The molecule has 0 bridgehead atoms. The second-order valence-corrected chi connectivity index (χ2v) is 5.17. The van der Waals surface area contributed by atoms with Crippen LogP contribution in [0.5, 0.6) is 0 Å². The minimum atomic E-state index is -0.175. The zero-order chi connectivity index (χ0) is 14.4. The van der Waals surface area contributed by atoms with E-state index >= 15 is 0 Å². The van der Waals surface area contributed by atoms with Crippen molar-refractivity contribution in [3.05, 3.63) is 33.3 Å². The number of hydrogen-bond donors (Lipinski definition) is 2. The third-order valence-corrected chi connectivity index (χ3v) is 3.40. The molecule has 0 unspecified atom stereocenters. The Hall–Kier alpha value is -1.27. The van der Waals surface area contributed by atoms with Crippen molar-refractivity contribution in [1.82, 2.24) is 4.90 Å². The minimum Gasteiger partial charge on any atom is -0.409 e. The molecule has 0 aliphatic carbocycles. The fourth-order valence-corrected chi connectivity index (χ4v) is 2.29. The molecule has 1 aromatic rings. The van der Waals surface area contributed by atoms with Crippen LogP contribution < -0.4 is 5.73 Å². The molecule has 0 aliphatic rings. The number of halogens is 2. The molecule has 0 saturated heterocycles. The Labute approximate surface area is 125 Å². The van der Waals surface area contributed by atoms with Crippen molar-refractivity contribution in [2.75, 3.05) is 13.1 Å². The van der Waals surface area contributed by atoms with Gasteiger partial charge in [0.1, 0.15) is 5.84 Å². The van der Waals surface area contributed by atoms with Crippen LogP contribution in [-0.4, -0.2) is 34.9 Å². The van der Waals surface area contributed by atoms with Crippen LogP contribution in [0.2, 0.25) is 5.02 Å². The van der Waals surface area contributed by atoms with Crippen LogP contribution in [0.1, 0.15) is 23.7 Å². The average molecular weight is 349 g/mol. The molecule has 3 N–H and O–H groups in total. The molecule has 7 heteroatoms. The summed E-state index contributed by atoms with van der Waals surface area (Å²) in [5.74, 6) is -0.0844. The van der Waals surface area contributed by atoms with Crippen LogP contribution in [0.3, 0.4) is 0 Å². The lowest BCUT2D eigenvalue weighted by atomic mass is 10.2. The van der Waals surface area contributed by atoms with E-state index in [1.165, 1.54) is 0 Å². The van der Waals surface area contributed by atoms with E-state index in [0.717, 1.165) is 4.47 Å². The van der Waals surface area contributed by atoms with Crippen molar-refractivity contribution in [1.29, 1.82) is 0 Å². The standard InChI is InChI=1S/C12H15BrClN3O2/c1-2-17(6-5-11(15)16-19)12(18)9-4-3-8(13)7-10(9)14/h3-4,7,19H,2,5-6H2,1H3,(H2,15,16). The number of hydrogen-bond acceptors (Lipinski definition) is 3. The van der Waals surface area contributed by atoms with Gasteiger partial charge in [-0.05, 0) is 25.1 Å². The van der Waals surface area contributed by atoms with Crippen LogP contribution in [0.15, 0.2) is 27.8 Å². The van der Waals surface area contributed by atoms with Crippen LogP contribution in [0.25, 0.3) is 0 Å². The predicted molar refractivity (Wildman–Crippen MR) is 78.8 cm³/mol. The summed E-state index contributed by atoms with van der Waals surface area (Å²) in [5.41, 5.74) is 5.83. The van der Waals surface area contributed by atoms with Crippen molar-refractivity contribution in [2.45, 2.75) is 13.3 Å². The van der Waals surface area contributed by atoms with Crippen LogP contribution in [0, 0.1) is 0 Å². The number of nitrogens with two attached hydrogens (primary N) is 1. The van der Waals surface area contributed by atoms with E-state index in [1.54, 1.807) is 23.1 Å². The van der Waals surface area contributed by atoms with E-state index in [1.807, 2.05) is 6.92 Å². The number of benzene rings is 1. The molecule has 0 radical (unpaired) electrons. The van der Waals surface area contributed by atoms with Gasteiger partial charge in [0, 0.05) is 24.0 Å². The number of carbonyl (C=O) groups is 1. The van der Waals surface area contributed by atoms with Gasteiger partial charge in [-0.2, -0.15) is 0 Å². The third-order valence-electron chi connectivity index (χ3n) is 2.60. The van der Waals surface area contributed by atoms with Crippen molar-refractivity contribution >= 4 is 39.3 Å². The lowest BCUT2D eigenvalue weighted by Gasteiger charge is -2.21. The Balaban J connectivity index is 2.83. The van der Waals surface area contributed by atoms with Crippen molar-refractivity contribution < 1.29 is 10.0 Å². The van der Waals surface area contributed by atoms with E-state index in [-0.39, 0.29) is 11.7 Å². The third kappa shape index (κ3) is 4.40. The highest BCUT2D eigenvalue weighted by Gasteiger charge is 2.17. The van der Waals surface area contributed by atoms with Gasteiger partial charge in [0.2, 0.25) is 0 Å². The van der Waals surface area contributed by atoms with Crippen LogP contribution in [0.4, 0.5) is 0 Å². The van der Waals surface area contributed by atoms with Gasteiger partial charge < -0.3 is 15.8 Å². The fourth-order valence-electron chi connectivity index (χ4n) is 1.54. The molecule has 19 heavy (non-hydrogen) atoms. The average Bonchev–Trinajstić information content (AvgIpc) is 2.38. The molecule has 1 aromatic carbocycles. The number of amidine groups is 1. The van der Waals surface area contributed by atoms with Gasteiger partial charge in [-0.3, -0.25) is 4.79 Å². The van der Waals surface area contributed by atoms with Gasteiger partial charge >= 0.3 is 0 Å². The summed E-state index contributed by atoms with van der Waals surface area (Å²) in [7, 11) is 0. The first-order chi connectivity index (χ1) is 8.99. The minimum absolute atomic E-state index is 0.0909. The van der Waals surface area contributed by atoms with Gasteiger partial charge in [0.25, 0.3) is 5.91 Å².